The molecule has 0 aliphatic heterocycles. The fourth-order valence-electron chi connectivity index (χ4n) is 0.731. The van der Waals surface area contributed by atoms with Gasteiger partial charge in [0.1, 0.15) is 0 Å². The van der Waals surface area contributed by atoms with E-state index in [-0.39, 0.29) is 13.1 Å². The molecule has 0 aromatic carbocycles. The average Bonchev–Trinajstić information content (AvgIpc) is 2.01. The lowest BCUT2D eigenvalue weighted by Gasteiger charge is -2.21. The van der Waals surface area contributed by atoms with Gasteiger partial charge in [-0.05, 0) is 11.6 Å². The van der Waals surface area contributed by atoms with E-state index >= 15 is 0 Å². The summed E-state index contributed by atoms with van der Waals surface area (Å²) in [6, 6.07) is 0. The number of hydrogen-bond donors (Lipinski definition) is 0. The van der Waals surface area contributed by atoms with Crippen LogP contribution in [-0.2, 0) is 4.79 Å². The van der Waals surface area contributed by atoms with Gasteiger partial charge in [0.25, 0.3) is 0 Å². The summed E-state index contributed by atoms with van der Waals surface area (Å²) in [4.78, 5) is 11.7. The molecule has 0 radical (unpaired) electrons. The van der Waals surface area contributed by atoms with E-state index in [9.17, 15) is 13.6 Å². The summed E-state index contributed by atoms with van der Waals surface area (Å²) in [5.41, 5.74) is 0. The van der Waals surface area contributed by atoms with Gasteiger partial charge in [0, 0.05) is 13.1 Å². The quantitative estimate of drug-likeness (QED) is 0.501. The summed E-state index contributed by atoms with van der Waals surface area (Å²) in [6.45, 7) is 6.70. The van der Waals surface area contributed by atoms with E-state index in [2.05, 4.69) is 24.8 Å². The van der Waals surface area contributed by atoms with Crippen LogP contribution in [0.2, 0.25) is 0 Å². The van der Waals surface area contributed by atoms with Crippen molar-refractivity contribution < 1.29 is 13.6 Å². The SMILES string of the molecule is C=CCN(CC=C)C(=O)C(F)(F)Cl. The van der Waals surface area contributed by atoms with Crippen LogP contribution in [-0.4, -0.2) is 29.3 Å². The van der Waals surface area contributed by atoms with Gasteiger partial charge in [-0.3, -0.25) is 4.79 Å². The Bertz CT molecular complexity index is 203. The predicted molar refractivity (Wildman–Crippen MR) is 47.8 cm³/mol. The zero-order valence-corrected chi connectivity index (χ0v) is 7.73. The molecule has 0 rings (SSSR count). The molecule has 0 unspecified atom stereocenters. The molecule has 0 N–H and O–H groups in total. The molecule has 74 valence electrons. The molecule has 0 saturated carbocycles. The third-order valence-corrected chi connectivity index (χ3v) is 1.39. The van der Waals surface area contributed by atoms with Crippen molar-refractivity contribution in [2.45, 2.75) is 5.38 Å². The number of alkyl halides is 3. The molecule has 13 heavy (non-hydrogen) atoms. The van der Waals surface area contributed by atoms with Crippen LogP contribution >= 0.6 is 11.6 Å². The summed E-state index contributed by atoms with van der Waals surface area (Å²) < 4.78 is 24.6. The van der Waals surface area contributed by atoms with Crippen LogP contribution in [0.4, 0.5) is 8.78 Å². The Labute approximate surface area is 80.5 Å². The van der Waals surface area contributed by atoms with E-state index < -0.39 is 11.3 Å². The molecule has 0 heterocycles. The molecule has 0 aromatic rings. The molecule has 0 fully saturated rings. The molecule has 0 atom stereocenters. The first-order valence-corrected chi connectivity index (χ1v) is 3.89. The lowest BCUT2D eigenvalue weighted by molar-refractivity contribution is -0.145. The zero-order valence-electron chi connectivity index (χ0n) is 6.97. The van der Waals surface area contributed by atoms with Crippen molar-refractivity contribution in [1.82, 2.24) is 4.90 Å². The number of halogens is 3. The normalized spacial score (nSPS) is 10.7. The van der Waals surface area contributed by atoms with Gasteiger partial charge < -0.3 is 4.90 Å². The summed E-state index contributed by atoms with van der Waals surface area (Å²) in [5.74, 6) is -1.44. The third kappa shape index (κ3) is 4.03. The van der Waals surface area contributed by atoms with E-state index in [4.69, 9.17) is 0 Å². The van der Waals surface area contributed by atoms with Crippen molar-refractivity contribution in [3.8, 4) is 0 Å². The largest absolute Gasteiger partial charge is 0.399 e. The fraction of sp³-hybridized carbons (Fsp3) is 0.375. The van der Waals surface area contributed by atoms with E-state index in [1.165, 1.54) is 12.2 Å². The summed E-state index contributed by atoms with van der Waals surface area (Å²) in [5, 5.41) is -3.86. The highest BCUT2D eigenvalue weighted by atomic mass is 35.5. The van der Waals surface area contributed by atoms with Crippen molar-refractivity contribution in [3.05, 3.63) is 25.3 Å². The van der Waals surface area contributed by atoms with Gasteiger partial charge in [-0.2, -0.15) is 8.78 Å². The highest BCUT2D eigenvalue weighted by Gasteiger charge is 2.38. The van der Waals surface area contributed by atoms with Gasteiger partial charge in [-0.15, -0.1) is 13.2 Å². The Morgan fingerprint density at radius 2 is 1.77 bits per heavy atom. The van der Waals surface area contributed by atoms with Gasteiger partial charge in [-0.1, -0.05) is 12.2 Å². The van der Waals surface area contributed by atoms with E-state index in [1.807, 2.05) is 0 Å². The third-order valence-electron chi connectivity index (χ3n) is 1.23. The van der Waals surface area contributed by atoms with E-state index in [0.29, 0.717) is 0 Å². The van der Waals surface area contributed by atoms with Crippen molar-refractivity contribution in [3.63, 3.8) is 0 Å². The van der Waals surface area contributed by atoms with E-state index in [0.717, 1.165) is 4.90 Å². The second kappa shape index (κ2) is 4.97. The summed E-state index contributed by atoms with van der Waals surface area (Å²) in [6.07, 6.45) is 2.67. The average molecular weight is 210 g/mol. The van der Waals surface area contributed by atoms with Crippen molar-refractivity contribution in [1.29, 1.82) is 0 Å². The number of nitrogens with zero attached hydrogens (tertiary/aromatic N) is 1. The second-order valence-electron chi connectivity index (χ2n) is 2.29. The molecule has 0 aliphatic rings. The van der Waals surface area contributed by atoms with Crippen molar-refractivity contribution >= 4 is 17.5 Å². The Morgan fingerprint density at radius 1 is 1.38 bits per heavy atom. The fourth-order valence-corrected chi connectivity index (χ4v) is 0.851. The first-order chi connectivity index (χ1) is 5.93. The van der Waals surface area contributed by atoms with Gasteiger partial charge in [0.2, 0.25) is 0 Å². The second-order valence-corrected chi connectivity index (χ2v) is 2.76. The Balaban J connectivity index is 4.44. The maximum absolute atomic E-state index is 12.3. The number of hydrogen-bond acceptors (Lipinski definition) is 1. The smallest absolute Gasteiger partial charge is 0.329 e. The van der Waals surface area contributed by atoms with Gasteiger partial charge >= 0.3 is 11.3 Å². The van der Waals surface area contributed by atoms with Crippen LogP contribution in [0.1, 0.15) is 0 Å². The number of amides is 1. The minimum absolute atomic E-state index is 0.0210. The number of rotatable bonds is 5. The van der Waals surface area contributed by atoms with Crippen LogP contribution in [0.15, 0.2) is 25.3 Å². The first-order valence-electron chi connectivity index (χ1n) is 3.51. The molecule has 0 spiro atoms. The zero-order chi connectivity index (χ0) is 10.5. The summed E-state index contributed by atoms with van der Waals surface area (Å²) >= 11 is 4.56. The molecule has 2 nitrogen and oxygen atoms in total. The molecular weight excluding hydrogens is 200 g/mol. The maximum atomic E-state index is 12.3. The molecule has 0 aromatic heterocycles. The highest BCUT2D eigenvalue weighted by Crippen LogP contribution is 2.21. The molecule has 5 heteroatoms. The van der Waals surface area contributed by atoms with Crippen LogP contribution in [0.3, 0.4) is 0 Å². The molecule has 0 aliphatic carbocycles. The lowest BCUT2D eigenvalue weighted by atomic mass is 10.4. The Kier molecular flexibility index (Phi) is 4.62. The van der Waals surface area contributed by atoms with Gasteiger partial charge in [0.05, 0.1) is 0 Å². The topological polar surface area (TPSA) is 20.3 Å². The van der Waals surface area contributed by atoms with Crippen molar-refractivity contribution in [2.75, 3.05) is 13.1 Å². The minimum Gasteiger partial charge on any atom is -0.329 e. The Hall–Kier alpha value is -0.900. The number of carbonyl (C=O) groups excluding carboxylic acids is 1. The van der Waals surface area contributed by atoms with Crippen molar-refractivity contribution in [2.24, 2.45) is 0 Å². The highest BCUT2D eigenvalue weighted by molar-refractivity contribution is 6.32. The maximum Gasteiger partial charge on any atom is 0.399 e. The molecule has 0 bridgehead atoms. The molecular formula is C8H10ClF2NO. The summed E-state index contributed by atoms with van der Waals surface area (Å²) in [7, 11) is 0. The van der Waals surface area contributed by atoms with Crippen LogP contribution in [0.25, 0.3) is 0 Å². The molecule has 1 amide bonds. The van der Waals surface area contributed by atoms with Gasteiger partial charge in [-0.25, -0.2) is 0 Å². The van der Waals surface area contributed by atoms with Gasteiger partial charge in [0.15, 0.2) is 0 Å². The Morgan fingerprint density at radius 3 is 2.00 bits per heavy atom. The van der Waals surface area contributed by atoms with E-state index in [1.54, 1.807) is 0 Å². The van der Waals surface area contributed by atoms with Crippen LogP contribution < -0.4 is 0 Å². The van der Waals surface area contributed by atoms with Crippen LogP contribution in [0, 0.1) is 0 Å². The standard InChI is InChI=1S/C8H10ClF2NO/c1-3-5-12(6-4-2)7(13)8(9,10)11/h3-4H,1-2,5-6H2. The minimum atomic E-state index is -3.86. The number of carbonyl (C=O) groups is 1. The molecule has 0 saturated heterocycles. The predicted octanol–water partition coefficient (Wildman–Crippen LogP) is 2.02. The van der Waals surface area contributed by atoms with Crippen LogP contribution in [0.5, 0.6) is 0 Å². The first kappa shape index (κ1) is 12.1. The monoisotopic (exact) mass is 209 g/mol. The lowest BCUT2D eigenvalue weighted by Crippen LogP contribution is -2.40.